The summed E-state index contributed by atoms with van der Waals surface area (Å²) in [6.07, 6.45) is 0. The largest absolute Gasteiger partial charge is 0.494 e. The molecular formula is C20H22N2O4. The highest BCUT2D eigenvalue weighted by molar-refractivity contribution is 6.02. The van der Waals surface area contributed by atoms with E-state index in [-0.39, 0.29) is 24.1 Å². The average Bonchev–Trinajstić information content (AvgIpc) is 2.61. The average molecular weight is 354 g/mol. The second-order valence-electron chi connectivity index (χ2n) is 5.71. The Morgan fingerprint density at radius 3 is 2.08 bits per heavy atom. The SMILES string of the molecule is CCOc1ccc(NC(=O)CN(C(C)=O)c2ccc(C(C)=O)cc2)cc1. The van der Waals surface area contributed by atoms with Crippen molar-refractivity contribution in [1.29, 1.82) is 0 Å². The van der Waals surface area contributed by atoms with Crippen molar-refractivity contribution in [1.82, 2.24) is 0 Å². The molecule has 0 heterocycles. The number of carbonyl (C=O) groups excluding carboxylic acids is 3. The summed E-state index contributed by atoms with van der Waals surface area (Å²) in [7, 11) is 0. The van der Waals surface area contributed by atoms with Gasteiger partial charge in [0, 0.05) is 23.9 Å². The van der Waals surface area contributed by atoms with Crippen molar-refractivity contribution in [3.63, 3.8) is 0 Å². The predicted octanol–water partition coefficient (Wildman–Crippen LogP) is 3.28. The maximum atomic E-state index is 12.3. The molecule has 0 aliphatic carbocycles. The van der Waals surface area contributed by atoms with Gasteiger partial charge >= 0.3 is 0 Å². The van der Waals surface area contributed by atoms with Gasteiger partial charge in [0.1, 0.15) is 12.3 Å². The first-order valence-corrected chi connectivity index (χ1v) is 8.32. The number of Topliss-reactive ketones (excluding diaryl/α,β-unsaturated/α-hetero) is 1. The van der Waals surface area contributed by atoms with Gasteiger partial charge in [-0.25, -0.2) is 0 Å². The molecule has 1 N–H and O–H groups in total. The quantitative estimate of drug-likeness (QED) is 0.774. The van der Waals surface area contributed by atoms with E-state index in [9.17, 15) is 14.4 Å². The van der Waals surface area contributed by atoms with E-state index in [0.29, 0.717) is 23.5 Å². The molecule has 0 bridgehead atoms. The normalized spacial score (nSPS) is 10.1. The van der Waals surface area contributed by atoms with Crippen molar-refractivity contribution < 1.29 is 19.1 Å². The van der Waals surface area contributed by atoms with Crippen molar-refractivity contribution in [3.05, 3.63) is 54.1 Å². The van der Waals surface area contributed by atoms with E-state index in [1.807, 2.05) is 6.92 Å². The van der Waals surface area contributed by atoms with Crippen LogP contribution in [0.3, 0.4) is 0 Å². The fourth-order valence-corrected chi connectivity index (χ4v) is 2.41. The lowest BCUT2D eigenvalue weighted by Crippen LogP contribution is -2.36. The number of nitrogens with zero attached hydrogens (tertiary/aromatic N) is 1. The molecule has 0 aliphatic heterocycles. The van der Waals surface area contributed by atoms with Crippen LogP contribution in [-0.4, -0.2) is 30.7 Å². The molecule has 0 unspecified atom stereocenters. The molecule has 26 heavy (non-hydrogen) atoms. The first kappa shape index (κ1) is 19.2. The molecule has 2 amide bonds. The molecule has 0 fully saturated rings. The van der Waals surface area contributed by atoms with Crippen molar-refractivity contribution in [2.45, 2.75) is 20.8 Å². The molecule has 0 spiro atoms. The molecular weight excluding hydrogens is 332 g/mol. The fourth-order valence-electron chi connectivity index (χ4n) is 2.41. The predicted molar refractivity (Wildman–Crippen MR) is 101 cm³/mol. The number of hydrogen-bond donors (Lipinski definition) is 1. The number of anilines is 2. The third kappa shape index (κ3) is 5.17. The molecule has 2 aromatic rings. The number of amides is 2. The van der Waals surface area contributed by atoms with Crippen LogP contribution in [0.2, 0.25) is 0 Å². The zero-order valence-corrected chi connectivity index (χ0v) is 15.1. The maximum Gasteiger partial charge on any atom is 0.244 e. The molecule has 0 aliphatic rings. The fraction of sp³-hybridized carbons (Fsp3) is 0.250. The van der Waals surface area contributed by atoms with Crippen LogP contribution in [0.15, 0.2) is 48.5 Å². The molecule has 0 aromatic heterocycles. The summed E-state index contributed by atoms with van der Waals surface area (Å²) in [5, 5.41) is 2.75. The first-order chi connectivity index (χ1) is 12.4. The highest BCUT2D eigenvalue weighted by Crippen LogP contribution is 2.18. The number of rotatable bonds is 7. The Balaban J connectivity index is 2.05. The van der Waals surface area contributed by atoms with E-state index >= 15 is 0 Å². The van der Waals surface area contributed by atoms with Crippen LogP contribution in [0.1, 0.15) is 31.1 Å². The summed E-state index contributed by atoms with van der Waals surface area (Å²) in [5.74, 6) is 0.0861. The van der Waals surface area contributed by atoms with Crippen molar-refractivity contribution in [2.24, 2.45) is 0 Å². The van der Waals surface area contributed by atoms with Crippen LogP contribution in [0.25, 0.3) is 0 Å². The Bertz CT molecular complexity index is 782. The van der Waals surface area contributed by atoms with Gasteiger partial charge in [0.15, 0.2) is 5.78 Å². The van der Waals surface area contributed by atoms with E-state index in [0.717, 1.165) is 5.75 Å². The highest BCUT2D eigenvalue weighted by atomic mass is 16.5. The second-order valence-corrected chi connectivity index (χ2v) is 5.71. The summed E-state index contributed by atoms with van der Waals surface area (Å²) in [6.45, 7) is 5.21. The summed E-state index contributed by atoms with van der Waals surface area (Å²) in [6, 6.07) is 13.6. The van der Waals surface area contributed by atoms with Crippen LogP contribution < -0.4 is 15.0 Å². The minimum Gasteiger partial charge on any atom is -0.494 e. The lowest BCUT2D eigenvalue weighted by Gasteiger charge is -2.21. The maximum absolute atomic E-state index is 12.3. The Kier molecular flexibility index (Phi) is 6.49. The Hall–Kier alpha value is -3.15. The van der Waals surface area contributed by atoms with Gasteiger partial charge in [-0.1, -0.05) is 0 Å². The van der Waals surface area contributed by atoms with Gasteiger partial charge in [-0.3, -0.25) is 14.4 Å². The molecule has 0 saturated heterocycles. The third-order valence-corrected chi connectivity index (χ3v) is 3.72. The van der Waals surface area contributed by atoms with Crippen LogP contribution in [0.5, 0.6) is 5.75 Å². The van der Waals surface area contributed by atoms with E-state index < -0.39 is 0 Å². The Morgan fingerprint density at radius 1 is 0.962 bits per heavy atom. The van der Waals surface area contributed by atoms with Gasteiger partial charge in [-0.15, -0.1) is 0 Å². The van der Waals surface area contributed by atoms with Crippen LogP contribution >= 0.6 is 0 Å². The number of benzene rings is 2. The summed E-state index contributed by atoms with van der Waals surface area (Å²) < 4.78 is 5.36. The van der Waals surface area contributed by atoms with Crippen LogP contribution in [-0.2, 0) is 9.59 Å². The number of ketones is 1. The monoisotopic (exact) mass is 354 g/mol. The third-order valence-electron chi connectivity index (χ3n) is 3.72. The van der Waals surface area contributed by atoms with Gasteiger partial charge in [0.25, 0.3) is 0 Å². The Morgan fingerprint density at radius 2 is 1.58 bits per heavy atom. The summed E-state index contributed by atoms with van der Waals surface area (Å²) in [5.41, 5.74) is 1.73. The molecule has 0 saturated carbocycles. The molecule has 0 radical (unpaired) electrons. The molecule has 136 valence electrons. The van der Waals surface area contributed by atoms with Crippen LogP contribution in [0.4, 0.5) is 11.4 Å². The second kappa shape index (κ2) is 8.80. The van der Waals surface area contributed by atoms with Gasteiger partial charge in [0.2, 0.25) is 11.8 Å². The minimum atomic E-state index is -0.319. The zero-order valence-electron chi connectivity index (χ0n) is 15.1. The van der Waals surface area contributed by atoms with Crippen molar-refractivity contribution in [2.75, 3.05) is 23.4 Å². The number of hydrogen-bond acceptors (Lipinski definition) is 4. The highest BCUT2D eigenvalue weighted by Gasteiger charge is 2.16. The van der Waals surface area contributed by atoms with Gasteiger partial charge in [-0.05, 0) is 62.4 Å². The molecule has 2 rings (SSSR count). The smallest absolute Gasteiger partial charge is 0.244 e. The summed E-state index contributed by atoms with van der Waals surface area (Å²) >= 11 is 0. The molecule has 6 nitrogen and oxygen atoms in total. The standard InChI is InChI=1S/C20H22N2O4/c1-4-26-19-11-7-17(8-12-19)21-20(25)13-22(15(3)24)18-9-5-16(6-10-18)14(2)23/h5-12H,4,13H2,1-3H3,(H,21,25). The van der Waals surface area contributed by atoms with Crippen molar-refractivity contribution in [3.8, 4) is 5.75 Å². The lowest BCUT2D eigenvalue weighted by atomic mass is 10.1. The molecule has 6 heteroatoms. The lowest BCUT2D eigenvalue weighted by molar-refractivity contribution is -0.120. The number of carbonyl (C=O) groups is 3. The minimum absolute atomic E-state index is 0.0563. The Labute approximate surface area is 152 Å². The van der Waals surface area contributed by atoms with Gasteiger partial charge in [0.05, 0.1) is 6.61 Å². The van der Waals surface area contributed by atoms with E-state index in [1.165, 1.54) is 18.7 Å². The number of ether oxygens (including phenoxy) is 1. The number of nitrogens with one attached hydrogen (secondary N) is 1. The molecule has 0 atom stereocenters. The van der Waals surface area contributed by atoms with Gasteiger partial charge < -0.3 is 15.0 Å². The van der Waals surface area contributed by atoms with E-state index in [4.69, 9.17) is 4.74 Å². The summed E-state index contributed by atoms with van der Waals surface area (Å²) in [4.78, 5) is 36.9. The van der Waals surface area contributed by atoms with E-state index in [2.05, 4.69) is 5.32 Å². The zero-order chi connectivity index (χ0) is 19.1. The van der Waals surface area contributed by atoms with Crippen molar-refractivity contribution >= 4 is 29.0 Å². The molecule has 2 aromatic carbocycles. The topological polar surface area (TPSA) is 75.7 Å². The van der Waals surface area contributed by atoms with Gasteiger partial charge in [-0.2, -0.15) is 0 Å². The van der Waals surface area contributed by atoms with E-state index in [1.54, 1.807) is 48.5 Å². The van der Waals surface area contributed by atoms with Crippen LogP contribution in [0, 0.1) is 0 Å². The first-order valence-electron chi connectivity index (χ1n) is 8.32.